The molecule has 0 heterocycles. The van der Waals surface area contributed by atoms with Gasteiger partial charge in [0.05, 0.1) is 24.6 Å². The van der Waals surface area contributed by atoms with E-state index in [0.717, 1.165) is 0 Å². The number of fused-ring (bicyclic) bond motifs is 3. The molecule has 4 N–H and O–H groups in total. The molecular weight excluding hydrogens is 544 g/mol. The third kappa shape index (κ3) is 4.27. The first-order valence-corrected chi connectivity index (χ1v) is 13.4. The number of ether oxygens (including phenoxy) is 1. The summed E-state index contributed by atoms with van der Waals surface area (Å²) in [5.74, 6) is -11.5. The normalized spacial score (nSPS) is 28.8. The number of ketones is 4. The maximum Gasteiger partial charge on any atom is 0.330 e. The Bertz CT molecular complexity index is 1590. The number of nitrogens with two attached hydrogens (primary N) is 1. The molecule has 3 aliphatic carbocycles. The van der Waals surface area contributed by atoms with E-state index >= 15 is 0 Å². The van der Waals surface area contributed by atoms with E-state index < -0.39 is 70.3 Å². The van der Waals surface area contributed by atoms with E-state index in [1.54, 1.807) is 36.4 Å². The predicted molar refractivity (Wildman–Crippen MR) is 148 cm³/mol. The number of likely N-dealkylation sites (N-methyl/N-ethyl adjacent to an activating group) is 1. The maximum atomic E-state index is 14.0. The molecule has 3 aliphatic rings. The molecule has 2 unspecified atom stereocenters. The molecule has 2 aromatic rings. The SMILES string of the molecule is COC(=O)/C=C/c1cccc(-c2ccc(O)c3c2C[C@@H]2C[C@@H]4[C@@H](N(C)C)C(=O)C(C(N)=O)C(=O)[C@]4(O)C(=O)C2C3=O)c1. The van der Waals surface area contributed by atoms with Crippen molar-refractivity contribution in [1.29, 1.82) is 0 Å². The summed E-state index contributed by atoms with van der Waals surface area (Å²) < 4.78 is 4.64. The molecule has 0 bridgehead atoms. The van der Waals surface area contributed by atoms with Crippen molar-refractivity contribution >= 4 is 41.1 Å². The molecule has 11 heteroatoms. The molecule has 2 aromatic carbocycles. The van der Waals surface area contributed by atoms with E-state index in [1.807, 2.05) is 0 Å². The van der Waals surface area contributed by atoms with Crippen LogP contribution in [0.15, 0.2) is 42.5 Å². The molecule has 1 amide bonds. The van der Waals surface area contributed by atoms with Crippen LogP contribution in [-0.4, -0.2) is 83.0 Å². The molecule has 11 nitrogen and oxygen atoms in total. The molecule has 0 spiro atoms. The number of phenols is 1. The molecule has 0 radical (unpaired) electrons. The number of aromatic hydroxyl groups is 1. The average Bonchev–Trinajstić information content (AvgIpc) is 2.93. The van der Waals surface area contributed by atoms with Crippen molar-refractivity contribution < 1.29 is 43.7 Å². The largest absolute Gasteiger partial charge is 0.507 e. The number of esters is 1. The zero-order chi connectivity index (χ0) is 30.7. The summed E-state index contributed by atoms with van der Waals surface area (Å²) in [5.41, 5.74) is 4.95. The minimum atomic E-state index is -2.77. The highest BCUT2D eigenvalue weighted by Crippen LogP contribution is 2.51. The summed E-state index contributed by atoms with van der Waals surface area (Å²) >= 11 is 0. The summed E-state index contributed by atoms with van der Waals surface area (Å²) in [6.45, 7) is 0. The summed E-state index contributed by atoms with van der Waals surface area (Å²) in [7, 11) is 4.34. The number of Topliss-reactive ketones (excluding diaryl/α,β-unsaturated/α-hetero) is 4. The van der Waals surface area contributed by atoms with Gasteiger partial charge in [-0.25, -0.2) is 4.79 Å². The quantitative estimate of drug-likeness (QED) is 0.261. The van der Waals surface area contributed by atoms with Gasteiger partial charge in [-0.05, 0) is 73.3 Å². The number of benzene rings is 2. The van der Waals surface area contributed by atoms with Gasteiger partial charge in [0.25, 0.3) is 0 Å². The van der Waals surface area contributed by atoms with Gasteiger partial charge >= 0.3 is 5.97 Å². The molecule has 2 fully saturated rings. The highest BCUT2D eigenvalue weighted by Gasteiger charge is 2.69. The molecule has 2 saturated carbocycles. The number of phenolic OH excluding ortho intramolecular Hbond substituents is 1. The van der Waals surface area contributed by atoms with Crippen LogP contribution in [0.5, 0.6) is 5.75 Å². The lowest BCUT2D eigenvalue weighted by Crippen LogP contribution is -2.74. The van der Waals surface area contributed by atoms with Crippen molar-refractivity contribution in [2.24, 2.45) is 29.4 Å². The van der Waals surface area contributed by atoms with Gasteiger partial charge in [-0.3, -0.25) is 28.9 Å². The second-order valence-corrected chi connectivity index (χ2v) is 11.3. The highest BCUT2D eigenvalue weighted by molar-refractivity contribution is 6.32. The van der Waals surface area contributed by atoms with Crippen LogP contribution >= 0.6 is 0 Å². The fourth-order valence-corrected chi connectivity index (χ4v) is 6.92. The first-order chi connectivity index (χ1) is 19.8. The number of carbonyl (C=O) groups excluding carboxylic acids is 6. The Hall–Kier alpha value is -4.48. The van der Waals surface area contributed by atoms with Gasteiger partial charge < -0.3 is 20.7 Å². The monoisotopic (exact) mass is 574 g/mol. The fraction of sp³-hybridized carbons (Fsp3) is 0.355. The topological polar surface area (TPSA) is 181 Å². The van der Waals surface area contributed by atoms with E-state index in [-0.39, 0.29) is 24.2 Å². The van der Waals surface area contributed by atoms with Crippen LogP contribution in [0.2, 0.25) is 0 Å². The lowest BCUT2D eigenvalue weighted by molar-refractivity contribution is -0.181. The second-order valence-electron chi connectivity index (χ2n) is 11.3. The van der Waals surface area contributed by atoms with Crippen LogP contribution < -0.4 is 5.73 Å². The van der Waals surface area contributed by atoms with Crippen LogP contribution in [0.1, 0.15) is 27.9 Å². The molecule has 5 rings (SSSR count). The first kappa shape index (κ1) is 29.0. The Kier molecular flexibility index (Phi) is 7.20. The van der Waals surface area contributed by atoms with Crippen molar-refractivity contribution in [1.82, 2.24) is 4.90 Å². The summed E-state index contributed by atoms with van der Waals surface area (Å²) in [6.07, 6.45) is 2.94. The Balaban J connectivity index is 1.61. The standard InChI is InChI=1S/C31H30N2O9/c1-33(2)25-19-13-16-12-18-17(15-6-4-5-14(11-15)7-10-21(35)42-3)8-9-20(34)23(18)26(36)22(16)28(38)31(19,41)29(39)24(27(25)37)30(32)40/h4-11,16,19,22,24-25,34,41H,12-13H2,1-3H3,(H2,32,40)/b10-7+/t16-,19-,22?,24?,25-,31-/m1/s1. The van der Waals surface area contributed by atoms with E-state index in [2.05, 4.69) is 4.74 Å². The van der Waals surface area contributed by atoms with Gasteiger partial charge in [0.1, 0.15) is 5.75 Å². The summed E-state index contributed by atoms with van der Waals surface area (Å²) in [6, 6.07) is 8.94. The fourth-order valence-electron chi connectivity index (χ4n) is 6.92. The maximum absolute atomic E-state index is 14.0. The van der Waals surface area contributed by atoms with Crippen LogP contribution in [0.3, 0.4) is 0 Å². The third-order valence-electron chi connectivity index (χ3n) is 8.76. The molecule has 0 saturated heterocycles. The highest BCUT2D eigenvalue weighted by atomic mass is 16.5. The predicted octanol–water partition coefficient (Wildman–Crippen LogP) is 0.720. The number of aliphatic hydroxyl groups is 1. The first-order valence-electron chi connectivity index (χ1n) is 13.4. The lowest BCUT2D eigenvalue weighted by atomic mass is 9.52. The average molecular weight is 575 g/mol. The Labute approximate surface area is 240 Å². The van der Waals surface area contributed by atoms with Crippen LogP contribution in [0.25, 0.3) is 17.2 Å². The number of primary amides is 1. The Morgan fingerprint density at radius 3 is 2.45 bits per heavy atom. The van der Waals surface area contributed by atoms with Crippen LogP contribution in [-0.2, 0) is 35.1 Å². The summed E-state index contributed by atoms with van der Waals surface area (Å²) in [4.78, 5) is 79.6. The van der Waals surface area contributed by atoms with Gasteiger partial charge in [0.2, 0.25) is 5.91 Å². The van der Waals surface area contributed by atoms with Crippen molar-refractivity contribution in [2.45, 2.75) is 24.5 Å². The van der Waals surface area contributed by atoms with E-state index in [1.165, 1.54) is 38.2 Å². The lowest BCUT2D eigenvalue weighted by Gasteiger charge is -2.52. The molecule has 0 aliphatic heterocycles. The van der Waals surface area contributed by atoms with E-state index in [9.17, 15) is 39.0 Å². The molecule has 0 aromatic heterocycles. The van der Waals surface area contributed by atoms with Crippen molar-refractivity contribution in [3.63, 3.8) is 0 Å². The van der Waals surface area contributed by atoms with Gasteiger partial charge in [0, 0.05) is 12.0 Å². The number of hydrogen-bond acceptors (Lipinski definition) is 10. The number of methoxy groups -OCH3 is 1. The van der Waals surface area contributed by atoms with Gasteiger partial charge in [-0.2, -0.15) is 0 Å². The van der Waals surface area contributed by atoms with Gasteiger partial charge in [0.15, 0.2) is 34.7 Å². The molecule has 42 heavy (non-hydrogen) atoms. The Morgan fingerprint density at radius 2 is 1.81 bits per heavy atom. The van der Waals surface area contributed by atoms with Crippen molar-refractivity contribution in [3.8, 4) is 16.9 Å². The second kappa shape index (κ2) is 10.4. The molecular formula is C31H30N2O9. The minimum absolute atomic E-state index is 0.0408. The number of amides is 1. The van der Waals surface area contributed by atoms with Gasteiger partial charge in [-0.15, -0.1) is 0 Å². The number of nitrogens with zero attached hydrogens (tertiary/aromatic N) is 1. The summed E-state index contributed by atoms with van der Waals surface area (Å²) in [5, 5.41) is 22.5. The molecule has 218 valence electrons. The molecule has 6 atom stereocenters. The Morgan fingerprint density at radius 1 is 1.10 bits per heavy atom. The minimum Gasteiger partial charge on any atom is -0.507 e. The third-order valence-corrected chi connectivity index (χ3v) is 8.76. The van der Waals surface area contributed by atoms with Crippen LogP contribution in [0, 0.1) is 23.7 Å². The van der Waals surface area contributed by atoms with Crippen molar-refractivity contribution in [3.05, 3.63) is 59.2 Å². The zero-order valence-corrected chi connectivity index (χ0v) is 23.2. The smallest absolute Gasteiger partial charge is 0.330 e. The van der Waals surface area contributed by atoms with E-state index in [4.69, 9.17) is 5.73 Å². The zero-order valence-electron chi connectivity index (χ0n) is 23.2. The van der Waals surface area contributed by atoms with E-state index in [0.29, 0.717) is 22.3 Å². The van der Waals surface area contributed by atoms with Gasteiger partial charge in [-0.1, -0.05) is 24.3 Å². The number of rotatable bonds is 5. The van der Waals surface area contributed by atoms with Crippen molar-refractivity contribution in [2.75, 3.05) is 21.2 Å². The van der Waals surface area contributed by atoms with Crippen LogP contribution in [0.4, 0.5) is 0 Å². The number of carbonyl (C=O) groups is 6. The number of hydrogen-bond donors (Lipinski definition) is 3.